The number of rotatable bonds is 3. The molecule has 2 N–H and O–H groups in total. The predicted octanol–water partition coefficient (Wildman–Crippen LogP) is 0.982. The Labute approximate surface area is 105 Å². The molecule has 0 aliphatic carbocycles. The lowest BCUT2D eigenvalue weighted by Gasteiger charge is -2.23. The monoisotopic (exact) mass is 249 g/mol. The molecule has 1 fully saturated rings. The van der Waals surface area contributed by atoms with E-state index >= 15 is 0 Å². The maximum absolute atomic E-state index is 12.2. The number of carboxylic acid groups (broad SMARTS) is 1. The second kappa shape index (κ2) is 5.18. The molecular weight excluding hydrogens is 234 g/mol. The predicted molar refractivity (Wildman–Crippen MR) is 64.5 cm³/mol. The Morgan fingerprint density at radius 1 is 1.33 bits per heavy atom. The van der Waals surface area contributed by atoms with E-state index in [1.165, 1.54) is 12.1 Å². The van der Waals surface area contributed by atoms with Gasteiger partial charge in [0, 0.05) is 12.1 Å². The van der Waals surface area contributed by atoms with E-state index in [1.54, 1.807) is 17.0 Å². The number of carbonyl (C=O) groups excluding carboxylic acids is 1. The zero-order valence-corrected chi connectivity index (χ0v) is 9.87. The van der Waals surface area contributed by atoms with E-state index in [9.17, 15) is 14.7 Å². The molecule has 1 atom stereocenters. The van der Waals surface area contributed by atoms with Gasteiger partial charge in [-0.3, -0.25) is 4.79 Å². The van der Waals surface area contributed by atoms with E-state index in [4.69, 9.17) is 5.11 Å². The fourth-order valence-electron chi connectivity index (χ4n) is 2.24. The van der Waals surface area contributed by atoms with Crippen LogP contribution in [-0.2, 0) is 0 Å². The summed E-state index contributed by atoms with van der Waals surface area (Å²) in [4.78, 5) is 24.7. The van der Waals surface area contributed by atoms with Crippen LogP contribution < -0.4 is 0 Å². The Morgan fingerprint density at radius 2 is 2.06 bits per heavy atom. The van der Waals surface area contributed by atoms with Crippen LogP contribution in [0.5, 0.6) is 0 Å². The van der Waals surface area contributed by atoms with Crippen LogP contribution in [0.25, 0.3) is 0 Å². The first kappa shape index (κ1) is 12.6. The van der Waals surface area contributed by atoms with Crippen molar-refractivity contribution in [2.45, 2.75) is 18.9 Å². The van der Waals surface area contributed by atoms with Crippen molar-refractivity contribution in [3.05, 3.63) is 35.4 Å². The number of nitrogens with zero attached hydrogens (tertiary/aromatic N) is 1. The molecule has 1 aliphatic heterocycles. The first-order valence-electron chi connectivity index (χ1n) is 5.88. The minimum atomic E-state index is -1.05. The van der Waals surface area contributed by atoms with Gasteiger partial charge in [-0.25, -0.2) is 4.79 Å². The van der Waals surface area contributed by atoms with Crippen LogP contribution in [0.15, 0.2) is 24.3 Å². The smallest absolute Gasteiger partial charge is 0.335 e. The highest BCUT2D eigenvalue weighted by Gasteiger charge is 2.28. The molecule has 1 aromatic rings. The second-order valence-electron chi connectivity index (χ2n) is 4.36. The van der Waals surface area contributed by atoms with E-state index in [0.29, 0.717) is 12.1 Å². The zero-order valence-electron chi connectivity index (χ0n) is 9.87. The molecule has 18 heavy (non-hydrogen) atoms. The molecule has 1 saturated heterocycles. The minimum absolute atomic E-state index is 0.0512. The third kappa shape index (κ3) is 2.36. The van der Waals surface area contributed by atoms with Gasteiger partial charge in [0.15, 0.2) is 0 Å². The molecule has 96 valence electrons. The molecule has 5 nitrogen and oxygen atoms in total. The molecule has 0 spiro atoms. The number of hydrogen-bond donors (Lipinski definition) is 2. The first-order valence-corrected chi connectivity index (χ1v) is 5.88. The summed E-state index contributed by atoms with van der Waals surface area (Å²) in [6.07, 6.45) is 1.66. The number of carbonyl (C=O) groups is 2. The number of benzene rings is 1. The van der Waals surface area contributed by atoms with Crippen LogP contribution >= 0.6 is 0 Å². The van der Waals surface area contributed by atoms with Gasteiger partial charge in [-0.15, -0.1) is 0 Å². The summed E-state index contributed by atoms with van der Waals surface area (Å²) in [7, 11) is 0. The van der Waals surface area contributed by atoms with Crippen molar-refractivity contribution in [1.82, 2.24) is 4.90 Å². The molecular formula is C13H15NO4. The van der Waals surface area contributed by atoms with Crippen molar-refractivity contribution in [3.8, 4) is 0 Å². The van der Waals surface area contributed by atoms with Crippen LogP contribution in [0.2, 0.25) is 0 Å². The van der Waals surface area contributed by atoms with Crippen molar-refractivity contribution < 1.29 is 19.8 Å². The zero-order chi connectivity index (χ0) is 13.1. The third-order valence-corrected chi connectivity index (χ3v) is 3.21. The van der Waals surface area contributed by atoms with Gasteiger partial charge in [0.2, 0.25) is 0 Å². The summed E-state index contributed by atoms with van der Waals surface area (Å²) in [5.41, 5.74) is 0.454. The highest BCUT2D eigenvalue weighted by Crippen LogP contribution is 2.20. The quantitative estimate of drug-likeness (QED) is 0.837. The van der Waals surface area contributed by atoms with Crippen molar-refractivity contribution in [3.63, 3.8) is 0 Å². The van der Waals surface area contributed by atoms with Crippen molar-refractivity contribution in [2.75, 3.05) is 13.2 Å². The molecule has 1 heterocycles. The molecule has 0 radical (unpaired) electrons. The number of aliphatic hydroxyl groups excluding tert-OH is 1. The largest absolute Gasteiger partial charge is 0.478 e. The topological polar surface area (TPSA) is 77.8 Å². The number of aromatic carboxylic acids is 1. The highest BCUT2D eigenvalue weighted by atomic mass is 16.4. The number of aliphatic hydroxyl groups is 1. The fourth-order valence-corrected chi connectivity index (χ4v) is 2.24. The molecule has 1 amide bonds. The molecule has 5 heteroatoms. The summed E-state index contributed by atoms with van der Waals surface area (Å²) in [5, 5.41) is 18.1. The lowest BCUT2D eigenvalue weighted by Crippen LogP contribution is -2.37. The number of hydrogen-bond acceptors (Lipinski definition) is 3. The lowest BCUT2D eigenvalue weighted by atomic mass is 10.1. The van der Waals surface area contributed by atoms with Crippen LogP contribution in [0.4, 0.5) is 0 Å². The Hall–Kier alpha value is -1.88. The molecule has 1 aromatic carbocycles. The average molecular weight is 249 g/mol. The van der Waals surface area contributed by atoms with Crippen molar-refractivity contribution >= 4 is 11.9 Å². The van der Waals surface area contributed by atoms with Crippen LogP contribution in [0, 0.1) is 0 Å². The van der Waals surface area contributed by atoms with Crippen LogP contribution in [-0.4, -0.2) is 46.2 Å². The summed E-state index contributed by atoms with van der Waals surface area (Å²) < 4.78 is 0. The SMILES string of the molecule is O=C(O)c1cccc(C(=O)N2CCCC2CO)c1. The van der Waals surface area contributed by atoms with E-state index in [-0.39, 0.29) is 24.1 Å². The Bertz CT molecular complexity index is 472. The van der Waals surface area contributed by atoms with Gasteiger partial charge >= 0.3 is 5.97 Å². The average Bonchev–Trinajstić information content (AvgIpc) is 2.86. The summed E-state index contributed by atoms with van der Waals surface area (Å²) >= 11 is 0. The molecule has 1 unspecified atom stereocenters. The minimum Gasteiger partial charge on any atom is -0.478 e. The van der Waals surface area contributed by atoms with Gasteiger partial charge in [-0.1, -0.05) is 6.07 Å². The normalized spacial score (nSPS) is 18.9. The number of amides is 1. The van der Waals surface area contributed by atoms with E-state index in [1.807, 2.05) is 0 Å². The Balaban J connectivity index is 2.23. The van der Waals surface area contributed by atoms with Crippen LogP contribution in [0.1, 0.15) is 33.6 Å². The maximum atomic E-state index is 12.2. The van der Waals surface area contributed by atoms with Gasteiger partial charge in [0.1, 0.15) is 0 Å². The Morgan fingerprint density at radius 3 is 2.72 bits per heavy atom. The van der Waals surface area contributed by atoms with Crippen LogP contribution in [0.3, 0.4) is 0 Å². The summed E-state index contributed by atoms with van der Waals surface area (Å²) in [6, 6.07) is 5.83. The molecule has 0 bridgehead atoms. The number of carboxylic acids is 1. The summed E-state index contributed by atoms with van der Waals surface area (Å²) in [5.74, 6) is -1.26. The Kier molecular flexibility index (Phi) is 3.62. The summed E-state index contributed by atoms with van der Waals surface area (Å²) in [6.45, 7) is 0.561. The molecule has 1 aliphatic rings. The maximum Gasteiger partial charge on any atom is 0.335 e. The van der Waals surface area contributed by atoms with Crippen molar-refractivity contribution in [2.24, 2.45) is 0 Å². The van der Waals surface area contributed by atoms with Gasteiger partial charge in [-0.2, -0.15) is 0 Å². The fraction of sp³-hybridized carbons (Fsp3) is 0.385. The standard InChI is InChI=1S/C13H15NO4/c15-8-11-5-2-6-14(11)12(16)9-3-1-4-10(7-9)13(17)18/h1,3-4,7,11,15H,2,5-6,8H2,(H,17,18). The highest BCUT2D eigenvalue weighted by molar-refractivity contribution is 5.97. The van der Waals surface area contributed by atoms with Gasteiger partial charge < -0.3 is 15.1 Å². The first-order chi connectivity index (χ1) is 8.63. The van der Waals surface area contributed by atoms with Gasteiger partial charge in [0.05, 0.1) is 18.2 Å². The van der Waals surface area contributed by atoms with Crippen molar-refractivity contribution in [1.29, 1.82) is 0 Å². The van der Waals surface area contributed by atoms with E-state index < -0.39 is 5.97 Å². The molecule has 2 rings (SSSR count). The van der Waals surface area contributed by atoms with E-state index in [2.05, 4.69) is 0 Å². The van der Waals surface area contributed by atoms with Gasteiger partial charge in [-0.05, 0) is 31.0 Å². The lowest BCUT2D eigenvalue weighted by molar-refractivity contribution is 0.0677. The van der Waals surface area contributed by atoms with E-state index in [0.717, 1.165) is 12.8 Å². The third-order valence-electron chi connectivity index (χ3n) is 3.21. The van der Waals surface area contributed by atoms with Gasteiger partial charge in [0.25, 0.3) is 5.91 Å². The number of likely N-dealkylation sites (tertiary alicyclic amines) is 1. The molecule has 0 aromatic heterocycles. The molecule has 0 saturated carbocycles. The second-order valence-corrected chi connectivity index (χ2v) is 4.36.